The van der Waals surface area contributed by atoms with Gasteiger partial charge in [-0.15, -0.1) is 0 Å². The van der Waals surface area contributed by atoms with E-state index in [1.807, 2.05) is 40.9 Å². The molecule has 0 spiro atoms. The van der Waals surface area contributed by atoms with Crippen LogP contribution in [-0.2, 0) is 18.4 Å². The largest absolute Gasteiger partial charge is 0.352 e. The van der Waals surface area contributed by atoms with E-state index in [4.69, 9.17) is 5.73 Å². The molecule has 1 rings (SSSR count). The summed E-state index contributed by atoms with van der Waals surface area (Å²) in [4.78, 5) is 11.8. The van der Waals surface area contributed by atoms with Crippen molar-refractivity contribution in [1.29, 1.82) is 0 Å². The van der Waals surface area contributed by atoms with Gasteiger partial charge in [-0.05, 0) is 12.3 Å². The van der Waals surface area contributed by atoms with Crippen molar-refractivity contribution in [3.63, 3.8) is 0 Å². The Balaban J connectivity index is 2.45. The molecule has 0 saturated heterocycles. The molecule has 5 nitrogen and oxygen atoms in total. The zero-order valence-electron chi connectivity index (χ0n) is 11.9. The van der Waals surface area contributed by atoms with Gasteiger partial charge in [-0.2, -0.15) is 5.10 Å². The van der Waals surface area contributed by atoms with Crippen molar-refractivity contribution in [2.45, 2.75) is 46.7 Å². The Labute approximate surface area is 109 Å². The summed E-state index contributed by atoms with van der Waals surface area (Å²) < 4.78 is 1.75. The molecule has 102 valence electrons. The zero-order chi connectivity index (χ0) is 13.9. The maximum Gasteiger partial charge on any atom is 0.221 e. The van der Waals surface area contributed by atoms with Crippen molar-refractivity contribution in [1.82, 2.24) is 15.1 Å². The number of carbonyl (C=O) groups excluding carboxylic acids is 1. The van der Waals surface area contributed by atoms with E-state index in [9.17, 15) is 4.79 Å². The Kier molecular flexibility index (Phi) is 4.51. The number of rotatable bonds is 4. The van der Waals surface area contributed by atoms with Crippen LogP contribution in [0.2, 0.25) is 0 Å². The Morgan fingerprint density at radius 2 is 2.17 bits per heavy atom. The first-order chi connectivity index (χ1) is 8.20. The predicted molar refractivity (Wildman–Crippen MR) is 71.8 cm³/mol. The van der Waals surface area contributed by atoms with Crippen molar-refractivity contribution in [2.24, 2.45) is 18.2 Å². The molecular formula is C13H24N4O. The fraction of sp³-hybridized carbons (Fsp3) is 0.692. The minimum absolute atomic E-state index is 0.0133. The van der Waals surface area contributed by atoms with Crippen LogP contribution in [0.25, 0.3) is 0 Å². The van der Waals surface area contributed by atoms with E-state index in [-0.39, 0.29) is 17.4 Å². The van der Waals surface area contributed by atoms with Gasteiger partial charge in [0, 0.05) is 37.8 Å². The molecule has 1 aromatic rings. The molecule has 1 heterocycles. The second kappa shape index (κ2) is 5.52. The van der Waals surface area contributed by atoms with E-state index in [1.165, 1.54) is 0 Å². The predicted octanol–water partition coefficient (Wildman–Crippen LogP) is 1.11. The van der Waals surface area contributed by atoms with E-state index < -0.39 is 0 Å². The summed E-state index contributed by atoms with van der Waals surface area (Å²) in [5, 5.41) is 7.11. The number of aryl methyl sites for hydroxylation is 2. The lowest BCUT2D eigenvalue weighted by molar-refractivity contribution is -0.122. The van der Waals surface area contributed by atoms with E-state index in [0.29, 0.717) is 13.0 Å². The second-order valence-electron chi connectivity index (χ2n) is 5.87. The summed E-state index contributed by atoms with van der Waals surface area (Å²) in [6.07, 6.45) is 2.27. The summed E-state index contributed by atoms with van der Waals surface area (Å²) in [6, 6.07) is -0.132. The summed E-state index contributed by atoms with van der Waals surface area (Å²) in [5.74, 6) is -0.0133. The van der Waals surface area contributed by atoms with Crippen molar-refractivity contribution < 1.29 is 4.79 Å². The lowest BCUT2D eigenvalue weighted by Crippen LogP contribution is -2.40. The third-order valence-electron chi connectivity index (χ3n) is 3.11. The Hall–Kier alpha value is -1.36. The van der Waals surface area contributed by atoms with Crippen LogP contribution in [0.15, 0.2) is 6.20 Å². The molecule has 0 aromatic carbocycles. The monoisotopic (exact) mass is 252 g/mol. The van der Waals surface area contributed by atoms with Crippen LogP contribution in [0.5, 0.6) is 0 Å². The molecular weight excluding hydrogens is 228 g/mol. The van der Waals surface area contributed by atoms with Crippen molar-refractivity contribution >= 4 is 5.91 Å². The van der Waals surface area contributed by atoms with E-state index in [2.05, 4.69) is 10.4 Å². The lowest BCUT2D eigenvalue weighted by Gasteiger charge is -2.26. The molecule has 1 amide bonds. The van der Waals surface area contributed by atoms with E-state index in [1.54, 1.807) is 4.68 Å². The Bertz CT molecular complexity index is 417. The van der Waals surface area contributed by atoms with Gasteiger partial charge < -0.3 is 11.1 Å². The Morgan fingerprint density at radius 3 is 2.61 bits per heavy atom. The molecule has 3 N–H and O–H groups in total. The molecule has 18 heavy (non-hydrogen) atoms. The highest BCUT2D eigenvalue weighted by Crippen LogP contribution is 2.19. The summed E-state index contributed by atoms with van der Waals surface area (Å²) in [6.45, 7) is 8.56. The van der Waals surface area contributed by atoms with Crippen LogP contribution in [-0.4, -0.2) is 21.7 Å². The zero-order valence-corrected chi connectivity index (χ0v) is 11.9. The van der Waals surface area contributed by atoms with Gasteiger partial charge in [0.1, 0.15) is 0 Å². The van der Waals surface area contributed by atoms with Crippen LogP contribution in [0.4, 0.5) is 0 Å². The maximum absolute atomic E-state index is 11.8. The van der Waals surface area contributed by atoms with Gasteiger partial charge >= 0.3 is 0 Å². The molecule has 1 unspecified atom stereocenters. The average Bonchev–Trinajstić information content (AvgIpc) is 2.53. The van der Waals surface area contributed by atoms with Gasteiger partial charge in [0.15, 0.2) is 0 Å². The molecule has 0 bridgehead atoms. The number of hydrogen-bond donors (Lipinski definition) is 2. The number of nitrogens with two attached hydrogens (primary N) is 1. The van der Waals surface area contributed by atoms with Crippen LogP contribution >= 0.6 is 0 Å². The minimum atomic E-state index is -0.132. The first kappa shape index (κ1) is 14.7. The number of hydrogen-bond acceptors (Lipinski definition) is 3. The molecule has 5 heteroatoms. The number of amides is 1. The maximum atomic E-state index is 11.8. The normalized spacial score (nSPS) is 13.4. The quantitative estimate of drug-likeness (QED) is 0.843. The molecule has 1 aromatic heterocycles. The molecule has 0 saturated carbocycles. The summed E-state index contributed by atoms with van der Waals surface area (Å²) in [5.41, 5.74) is 7.90. The van der Waals surface area contributed by atoms with E-state index in [0.717, 1.165) is 11.3 Å². The number of nitrogens with zero attached hydrogens (tertiary/aromatic N) is 2. The molecule has 0 aliphatic carbocycles. The van der Waals surface area contributed by atoms with Crippen LogP contribution in [0.3, 0.4) is 0 Å². The van der Waals surface area contributed by atoms with Crippen molar-refractivity contribution in [3.8, 4) is 0 Å². The topological polar surface area (TPSA) is 72.9 Å². The number of nitrogens with one attached hydrogen (secondary N) is 1. The van der Waals surface area contributed by atoms with E-state index >= 15 is 0 Å². The van der Waals surface area contributed by atoms with Crippen LogP contribution < -0.4 is 11.1 Å². The third kappa shape index (κ3) is 4.14. The van der Waals surface area contributed by atoms with Crippen LogP contribution in [0, 0.1) is 12.3 Å². The fourth-order valence-corrected chi connectivity index (χ4v) is 1.59. The van der Waals surface area contributed by atoms with Crippen LogP contribution in [0.1, 0.15) is 38.4 Å². The SMILES string of the molecule is Cc1nn(C)cc1CNC(=O)CC(N)C(C)(C)C. The highest BCUT2D eigenvalue weighted by atomic mass is 16.1. The van der Waals surface area contributed by atoms with Gasteiger partial charge in [-0.1, -0.05) is 20.8 Å². The van der Waals surface area contributed by atoms with Gasteiger partial charge in [0.05, 0.1) is 5.69 Å². The minimum Gasteiger partial charge on any atom is -0.352 e. The molecule has 0 radical (unpaired) electrons. The van der Waals surface area contributed by atoms with Crippen molar-refractivity contribution in [2.75, 3.05) is 0 Å². The van der Waals surface area contributed by atoms with Gasteiger partial charge in [-0.3, -0.25) is 9.48 Å². The number of carbonyl (C=O) groups is 1. The fourth-order valence-electron chi connectivity index (χ4n) is 1.59. The average molecular weight is 252 g/mol. The second-order valence-corrected chi connectivity index (χ2v) is 5.87. The van der Waals surface area contributed by atoms with Gasteiger partial charge in [0.25, 0.3) is 0 Å². The lowest BCUT2D eigenvalue weighted by atomic mass is 9.85. The third-order valence-corrected chi connectivity index (χ3v) is 3.11. The highest BCUT2D eigenvalue weighted by molar-refractivity contribution is 5.76. The summed E-state index contributed by atoms with van der Waals surface area (Å²) in [7, 11) is 1.87. The molecule has 0 fully saturated rings. The highest BCUT2D eigenvalue weighted by Gasteiger charge is 2.23. The summed E-state index contributed by atoms with van der Waals surface area (Å²) >= 11 is 0. The number of aromatic nitrogens is 2. The molecule has 1 atom stereocenters. The van der Waals surface area contributed by atoms with Gasteiger partial charge in [-0.25, -0.2) is 0 Å². The smallest absolute Gasteiger partial charge is 0.221 e. The first-order valence-corrected chi connectivity index (χ1v) is 6.21. The van der Waals surface area contributed by atoms with Crippen molar-refractivity contribution in [3.05, 3.63) is 17.5 Å². The van der Waals surface area contributed by atoms with Gasteiger partial charge in [0.2, 0.25) is 5.91 Å². The standard InChI is InChI=1S/C13H24N4O/c1-9-10(8-17(5)16-9)7-15-12(18)6-11(14)13(2,3)4/h8,11H,6-7,14H2,1-5H3,(H,15,18). The Morgan fingerprint density at radius 1 is 1.56 bits per heavy atom. The molecule has 0 aliphatic rings. The first-order valence-electron chi connectivity index (χ1n) is 6.21. The molecule has 0 aliphatic heterocycles.